The Labute approximate surface area is 173 Å². The lowest BCUT2D eigenvalue weighted by Crippen LogP contribution is -2.28. The molecular formula is C23H20ClNO4. The van der Waals surface area contributed by atoms with Gasteiger partial charge in [-0.05, 0) is 59.8 Å². The van der Waals surface area contributed by atoms with Gasteiger partial charge < -0.3 is 9.47 Å². The van der Waals surface area contributed by atoms with Gasteiger partial charge in [0.05, 0.1) is 23.1 Å². The largest absolute Gasteiger partial charge is 0.457 e. The fourth-order valence-corrected chi connectivity index (χ4v) is 5.09. The standard InChI is InChI=1S/C23H20ClNO4/c1-2-12-3-4-13(28-14-5-6-19(25-27)18(24)10-14)9-15(12)16-11-17-20-7-8-21(29-20)22(17)23(16)26/h3-6,9-11,17,20-22H,2,7-8H2,1H3. The highest BCUT2D eigenvalue weighted by Gasteiger charge is 2.55. The van der Waals surface area contributed by atoms with Gasteiger partial charge in [0.2, 0.25) is 0 Å². The van der Waals surface area contributed by atoms with Crippen molar-refractivity contribution in [1.29, 1.82) is 0 Å². The van der Waals surface area contributed by atoms with Crippen molar-refractivity contribution in [2.75, 3.05) is 0 Å². The van der Waals surface area contributed by atoms with Crippen molar-refractivity contribution in [1.82, 2.24) is 0 Å². The first-order valence-electron chi connectivity index (χ1n) is 9.94. The molecule has 5 nitrogen and oxygen atoms in total. The number of benzene rings is 2. The molecule has 4 atom stereocenters. The van der Waals surface area contributed by atoms with Crippen molar-refractivity contribution in [3.8, 4) is 11.5 Å². The van der Waals surface area contributed by atoms with E-state index in [0.717, 1.165) is 36.0 Å². The maximum absolute atomic E-state index is 13.2. The molecule has 2 heterocycles. The maximum atomic E-state index is 13.2. The summed E-state index contributed by atoms with van der Waals surface area (Å²) in [5.41, 5.74) is 3.01. The van der Waals surface area contributed by atoms with Crippen LogP contribution in [-0.2, 0) is 16.0 Å². The van der Waals surface area contributed by atoms with Crippen molar-refractivity contribution in [3.05, 3.63) is 63.5 Å². The predicted octanol–water partition coefficient (Wildman–Crippen LogP) is 5.85. The quantitative estimate of drug-likeness (QED) is 0.581. The Hall–Kier alpha value is -2.50. The van der Waals surface area contributed by atoms with Gasteiger partial charge in [-0.15, -0.1) is 4.91 Å². The number of hydrogen-bond acceptors (Lipinski definition) is 5. The molecule has 5 rings (SSSR count). The summed E-state index contributed by atoms with van der Waals surface area (Å²) in [5, 5.41) is 3.10. The van der Waals surface area contributed by atoms with Crippen molar-refractivity contribution in [2.45, 2.75) is 38.4 Å². The SMILES string of the molecule is CCc1ccc(Oc2ccc(N=O)c(Cl)c2)cc1C1=CC2C3CCC(O3)C2C1=O. The summed E-state index contributed by atoms with van der Waals surface area (Å²) in [7, 11) is 0. The highest BCUT2D eigenvalue weighted by atomic mass is 35.5. The molecule has 1 aliphatic carbocycles. The Kier molecular flexibility index (Phi) is 4.52. The second-order valence-corrected chi connectivity index (χ2v) is 8.22. The number of fused-ring (bicyclic) bond motifs is 5. The van der Waals surface area contributed by atoms with E-state index >= 15 is 0 Å². The molecule has 2 saturated heterocycles. The Morgan fingerprint density at radius 2 is 1.90 bits per heavy atom. The first-order chi connectivity index (χ1) is 14.1. The van der Waals surface area contributed by atoms with Crippen LogP contribution in [0.1, 0.15) is 30.9 Å². The smallest absolute Gasteiger partial charge is 0.169 e. The average Bonchev–Trinajstić information content (AvgIpc) is 3.42. The fraction of sp³-hybridized carbons (Fsp3) is 0.348. The number of rotatable bonds is 5. The normalized spacial score (nSPS) is 27.1. The lowest BCUT2D eigenvalue weighted by Gasteiger charge is -2.18. The van der Waals surface area contributed by atoms with Gasteiger partial charge in [-0.1, -0.05) is 30.7 Å². The molecule has 0 amide bonds. The van der Waals surface area contributed by atoms with E-state index in [-0.39, 0.29) is 40.5 Å². The van der Waals surface area contributed by atoms with Crippen LogP contribution >= 0.6 is 11.6 Å². The summed E-state index contributed by atoms with van der Waals surface area (Å²) >= 11 is 6.05. The van der Waals surface area contributed by atoms with Crippen LogP contribution in [0.15, 0.2) is 47.7 Å². The molecule has 0 saturated carbocycles. The summed E-state index contributed by atoms with van der Waals surface area (Å²) in [5.74, 6) is 1.49. The van der Waals surface area contributed by atoms with Gasteiger partial charge in [-0.2, -0.15) is 0 Å². The van der Waals surface area contributed by atoms with Crippen LogP contribution in [-0.4, -0.2) is 18.0 Å². The number of aryl methyl sites for hydroxylation is 1. The van der Waals surface area contributed by atoms with Crippen molar-refractivity contribution in [2.24, 2.45) is 17.0 Å². The first-order valence-corrected chi connectivity index (χ1v) is 10.3. The van der Waals surface area contributed by atoms with E-state index in [1.807, 2.05) is 18.2 Å². The highest BCUT2D eigenvalue weighted by molar-refractivity contribution is 6.33. The molecule has 0 spiro atoms. The van der Waals surface area contributed by atoms with Gasteiger partial charge in [0.1, 0.15) is 17.2 Å². The van der Waals surface area contributed by atoms with E-state index in [4.69, 9.17) is 21.1 Å². The Bertz CT molecular complexity index is 1050. The van der Waals surface area contributed by atoms with Crippen LogP contribution in [0, 0.1) is 16.7 Å². The van der Waals surface area contributed by atoms with E-state index in [1.165, 1.54) is 6.07 Å². The predicted molar refractivity (Wildman–Crippen MR) is 111 cm³/mol. The topological polar surface area (TPSA) is 65.0 Å². The molecule has 0 N–H and O–H groups in total. The number of halogens is 1. The molecule has 29 heavy (non-hydrogen) atoms. The van der Waals surface area contributed by atoms with Crippen LogP contribution in [0.5, 0.6) is 11.5 Å². The number of nitrogens with zero attached hydrogens (tertiary/aromatic N) is 1. The molecule has 0 radical (unpaired) electrons. The molecule has 6 heteroatoms. The van der Waals surface area contributed by atoms with E-state index in [0.29, 0.717) is 11.5 Å². The molecular weight excluding hydrogens is 390 g/mol. The third-order valence-corrected chi connectivity index (χ3v) is 6.57. The third-order valence-electron chi connectivity index (χ3n) is 6.26. The molecule has 2 aromatic rings. The lowest BCUT2D eigenvalue weighted by atomic mass is 9.81. The zero-order chi connectivity index (χ0) is 20.1. The molecule has 2 aliphatic heterocycles. The molecule has 2 aromatic carbocycles. The number of ketones is 1. The Balaban J connectivity index is 1.48. The number of carbonyl (C=O) groups excluding carboxylic acids is 1. The zero-order valence-corrected chi connectivity index (χ0v) is 16.7. The van der Waals surface area contributed by atoms with Gasteiger partial charge in [-0.3, -0.25) is 4.79 Å². The number of hydrogen-bond donors (Lipinski definition) is 0. The van der Waals surface area contributed by atoms with Crippen molar-refractivity contribution < 1.29 is 14.3 Å². The van der Waals surface area contributed by atoms with Gasteiger partial charge >= 0.3 is 0 Å². The third kappa shape index (κ3) is 3.00. The summed E-state index contributed by atoms with van der Waals surface area (Å²) in [6.45, 7) is 2.08. The summed E-state index contributed by atoms with van der Waals surface area (Å²) < 4.78 is 11.9. The zero-order valence-electron chi connectivity index (χ0n) is 15.9. The number of ether oxygens (including phenoxy) is 2. The van der Waals surface area contributed by atoms with Gasteiger partial charge in [0.25, 0.3) is 0 Å². The molecule has 4 unspecified atom stereocenters. The molecule has 0 aromatic heterocycles. The number of carbonyl (C=O) groups is 1. The van der Waals surface area contributed by atoms with Gasteiger partial charge in [0.15, 0.2) is 5.78 Å². The van der Waals surface area contributed by atoms with Crippen molar-refractivity contribution >= 4 is 28.6 Å². The number of Topliss-reactive ketones (excluding diaryl/α,β-unsaturated/α-hetero) is 1. The minimum atomic E-state index is -0.0276. The van der Waals surface area contributed by atoms with E-state index < -0.39 is 0 Å². The molecule has 148 valence electrons. The summed E-state index contributed by atoms with van der Waals surface area (Å²) in [6.07, 6.45) is 5.22. The number of nitroso groups, excluding NO2 is 1. The monoisotopic (exact) mass is 409 g/mol. The van der Waals surface area contributed by atoms with Crippen LogP contribution in [0.25, 0.3) is 5.57 Å². The minimum Gasteiger partial charge on any atom is -0.457 e. The average molecular weight is 410 g/mol. The van der Waals surface area contributed by atoms with E-state index in [2.05, 4.69) is 18.2 Å². The van der Waals surface area contributed by atoms with Crippen LogP contribution in [0.4, 0.5) is 5.69 Å². The van der Waals surface area contributed by atoms with Crippen LogP contribution in [0.2, 0.25) is 5.02 Å². The number of allylic oxidation sites excluding steroid dienone is 1. The first kappa shape index (κ1) is 18.5. The van der Waals surface area contributed by atoms with E-state index in [1.54, 1.807) is 12.1 Å². The van der Waals surface area contributed by atoms with Gasteiger partial charge in [0, 0.05) is 17.6 Å². The summed E-state index contributed by atoms with van der Waals surface area (Å²) in [6, 6.07) is 10.5. The Morgan fingerprint density at radius 3 is 2.62 bits per heavy atom. The highest BCUT2D eigenvalue weighted by Crippen LogP contribution is 2.51. The minimum absolute atomic E-state index is 0.0276. The Morgan fingerprint density at radius 1 is 1.14 bits per heavy atom. The molecule has 3 aliphatic rings. The second kappa shape index (κ2) is 7.08. The molecule has 2 fully saturated rings. The van der Waals surface area contributed by atoms with Crippen molar-refractivity contribution in [3.63, 3.8) is 0 Å². The van der Waals surface area contributed by atoms with Crippen LogP contribution in [0.3, 0.4) is 0 Å². The fourth-order valence-electron chi connectivity index (χ4n) is 4.89. The van der Waals surface area contributed by atoms with Gasteiger partial charge in [-0.25, -0.2) is 0 Å². The maximum Gasteiger partial charge on any atom is 0.169 e. The van der Waals surface area contributed by atoms with Crippen LogP contribution < -0.4 is 4.74 Å². The lowest BCUT2D eigenvalue weighted by molar-refractivity contribution is -0.118. The summed E-state index contributed by atoms with van der Waals surface area (Å²) in [4.78, 5) is 23.9. The molecule has 2 bridgehead atoms. The van der Waals surface area contributed by atoms with E-state index in [9.17, 15) is 9.70 Å². The second-order valence-electron chi connectivity index (χ2n) is 7.82.